The van der Waals surface area contributed by atoms with E-state index in [9.17, 15) is 4.79 Å². The molecule has 1 aromatic carbocycles. The zero-order valence-corrected chi connectivity index (χ0v) is 11.1. The minimum atomic E-state index is -1.04. The number of aromatic carboxylic acids is 1. The number of carbonyl (C=O) groups is 1. The molecule has 0 bridgehead atoms. The first-order valence-corrected chi connectivity index (χ1v) is 6.85. The first kappa shape index (κ1) is 13.4. The molecule has 0 amide bonds. The van der Waals surface area contributed by atoms with E-state index in [0.717, 1.165) is 5.56 Å². The van der Waals surface area contributed by atoms with Gasteiger partial charge in [-0.3, -0.25) is 0 Å². The minimum absolute atomic E-state index is 0.0775. The van der Waals surface area contributed by atoms with Crippen molar-refractivity contribution in [3.63, 3.8) is 0 Å². The van der Waals surface area contributed by atoms with Crippen LogP contribution in [-0.4, -0.2) is 27.3 Å². The minimum Gasteiger partial charge on any atom is -0.477 e. The zero-order valence-electron chi connectivity index (χ0n) is 10.3. The Morgan fingerprint density at radius 1 is 1.37 bits per heavy atom. The Morgan fingerprint density at radius 2 is 2.11 bits per heavy atom. The molecule has 0 aliphatic rings. The summed E-state index contributed by atoms with van der Waals surface area (Å²) in [5, 5.41) is 12.7. The number of hydrogen-bond donors (Lipinski definition) is 2. The van der Waals surface area contributed by atoms with Gasteiger partial charge in [0.25, 0.3) is 0 Å². The van der Waals surface area contributed by atoms with Crippen molar-refractivity contribution in [3.8, 4) is 0 Å². The third-order valence-corrected chi connectivity index (χ3v) is 3.04. The van der Waals surface area contributed by atoms with E-state index in [2.05, 4.69) is 15.3 Å². The lowest BCUT2D eigenvalue weighted by Gasteiger charge is -2.09. The Kier molecular flexibility index (Phi) is 4.35. The number of hydrogen-bond acceptors (Lipinski definition) is 5. The first-order chi connectivity index (χ1) is 9.20. The number of carboxylic acid groups (broad SMARTS) is 1. The van der Waals surface area contributed by atoms with Crippen molar-refractivity contribution < 1.29 is 9.90 Å². The molecule has 2 aromatic rings. The fourth-order valence-corrected chi connectivity index (χ4v) is 1.88. The maximum absolute atomic E-state index is 11.1. The van der Waals surface area contributed by atoms with Crippen LogP contribution in [0.1, 0.15) is 15.9 Å². The van der Waals surface area contributed by atoms with Crippen molar-refractivity contribution in [2.24, 2.45) is 0 Å². The third kappa shape index (κ3) is 3.45. The van der Waals surface area contributed by atoms with Crippen LogP contribution in [0.4, 0.5) is 5.82 Å². The number of rotatable bonds is 5. The summed E-state index contributed by atoms with van der Waals surface area (Å²) in [7, 11) is 0. The Balaban J connectivity index is 2.20. The molecule has 2 N–H and O–H groups in total. The number of thioether (sulfide) groups is 1. The van der Waals surface area contributed by atoms with Crippen LogP contribution in [0.2, 0.25) is 0 Å². The predicted molar refractivity (Wildman–Crippen MR) is 74.5 cm³/mol. The molecule has 5 nitrogen and oxygen atoms in total. The molecule has 6 heteroatoms. The SMILES string of the molecule is CSc1ncc(C(=O)O)c(NCc2ccccc2)n1. The monoisotopic (exact) mass is 275 g/mol. The van der Waals surface area contributed by atoms with Crippen LogP contribution in [0, 0.1) is 0 Å². The molecule has 0 atom stereocenters. The van der Waals surface area contributed by atoms with Gasteiger partial charge in [-0.15, -0.1) is 0 Å². The molecule has 2 rings (SSSR count). The van der Waals surface area contributed by atoms with E-state index in [4.69, 9.17) is 5.11 Å². The van der Waals surface area contributed by atoms with Crippen LogP contribution in [0.3, 0.4) is 0 Å². The van der Waals surface area contributed by atoms with Gasteiger partial charge in [-0.2, -0.15) is 0 Å². The highest BCUT2D eigenvalue weighted by Gasteiger charge is 2.13. The number of nitrogens with zero attached hydrogens (tertiary/aromatic N) is 2. The molecule has 1 aromatic heterocycles. The maximum Gasteiger partial charge on any atom is 0.341 e. The summed E-state index contributed by atoms with van der Waals surface area (Å²) in [6.45, 7) is 0.520. The molecular weight excluding hydrogens is 262 g/mol. The molecule has 0 spiro atoms. The number of nitrogens with one attached hydrogen (secondary N) is 1. The van der Waals surface area contributed by atoms with Crippen molar-refractivity contribution >= 4 is 23.5 Å². The zero-order chi connectivity index (χ0) is 13.7. The summed E-state index contributed by atoms with van der Waals surface area (Å²) < 4.78 is 0. The van der Waals surface area contributed by atoms with Gasteiger partial charge in [0.1, 0.15) is 11.4 Å². The molecular formula is C13H13N3O2S. The van der Waals surface area contributed by atoms with Crippen molar-refractivity contribution in [1.82, 2.24) is 9.97 Å². The Hall–Kier alpha value is -2.08. The average Bonchev–Trinajstić information content (AvgIpc) is 2.45. The first-order valence-electron chi connectivity index (χ1n) is 5.63. The summed E-state index contributed by atoms with van der Waals surface area (Å²) >= 11 is 1.37. The summed E-state index contributed by atoms with van der Waals surface area (Å²) in [6, 6.07) is 9.72. The van der Waals surface area contributed by atoms with Crippen LogP contribution in [-0.2, 0) is 6.54 Å². The second-order valence-corrected chi connectivity index (χ2v) is 4.54. The van der Waals surface area contributed by atoms with Gasteiger partial charge in [0.15, 0.2) is 5.16 Å². The Labute approximate surface area is 115 Å². The molecule has 0 saturated carbocycles. The van der Waals surface area contributed by atoms with E-state index in [1.165, 1.54) is 18.0 Å². The Bertz CT molecular complexity index is 575. The summed E-state index contributed by atoms with van der Waals surface area (Å²) in [5.74, 6) is -0.695. The second-order valence-electron chi connectivity index (χ2n) is 3.76. The van der Waals surface area contributed by atoms with Crippen LogP contribution < -0.4 is 5.32 Å². The normalized spacial score (nSPS) is 10.2. The molecule has 98 valence electrons. The molecule has 1 heterocycles. The smallest absolute Gasteiger partial charge is 0.341 e. The molecule has 0 aliphatic heterocycles. The Morgan fingerprint density at radius 3 is 2.74 bits per heavy atom. The molecule has 0 unspecified atom stereocenters. The fraction of sp³-hybridized carbons (Fsp3) is 0.154. The van der Waals surface area contributed by atoms with Crippen molar-refractivity contribution in [1.29, 1.82) is 0 Å². The number of benzene rings is 1. The van der Waals surface area contributed by atoms with Gasteiger partial charge in [-0.05, 0) is 11.8 Å². The lowest BCUT2D eigenvalue weighted by molar-refractivity contribution is 0.0697. The highest BCUT2D eigenvalue weighted by atomic mass is 32.2. The van der Waals surface area contributed by atoms with Crippen LogP contribution in [0.25, 0.3) is 0 Å². The molecule has 0 aliphatic carbocycles. The summed E-state index contributed by atoms with van der Waals surface area (Å²) in [4.78, 5) is 19.3. The molecule has 0 saturated heterocycles. The van der Waals surface area contributed by atoms with E-state index in [0.29, 0.717) is 17.5 Å². The second kappa shape index (κ2) is 6.19. The van der Waals surface area contributed by atoms with Gasteiger partial charge in [0.05, 0.1) is 0 Å². The van der Waals surface area contributed by atoms with Crippen molar-refractivity contribution in [2.75, 3.05) is 11.6 Å². The van der Waals surface area contributed by atoms with E-state index in [1.807, 2.05) is 36.6 Å². The standard InChI is InChI=1S/C13H13N3O2S/c1-19-13-15-8-10(12(17)18)11(16-13)14-7-9-5-3-2-4-6-9/h2-6,8H,7H2,1H3,(H,17,18)(H,14,15,16). The van der Waals surface area contributed by atoms with E-state index < -0.39 is 5.97 Å². The van der Waals surface area contributed by atoms with Gasteiger partial charge in [0, 0.05) is 12.7 Å². The van der Waals surface area contributed by atoms with E-state index >= 15 is 0 Å². The topological polar surface area (TPSA) is 75.1 Å². The van der Waals surface area contributed by atoms with E-state index in [-0.39, 0.29) is 5.56 Å². The summed E-state index contributed by atoms with van der Waals surface area (Å²) in [5.41, 5.74) is 1.14. The van der Waals surface area contributed by atoms with E-state index in [1.54, 1.807) is 0 Å². The third-order valence-electron chi connectivity index (χ3n) is 2.48. The van der Waals surface area contributed by atoms with Crippen molar-refractivity contribution in [3.05, 3.63) is 47.7 Å². The fourth-order valence-electron chi connectivity index (χ4n) is 1.54. The number of anilines is 1. The largest absolute Gasteiger partial charge is 0.477 e. The van der Waals surface area contributed by atoms with Crippen LogP contribution in [0.5, 0.6) is 0 Å². The molecule has 19 heavy (non-hydrogen) atoms. The molecule has 0 fully saturated rings. The number of aromatic nitrogens is 2. The lowest BCUT2D eigenvalue weighted by Crippen LogP contribution is -2.09. The van der Waals surface area contributed by atoms with Gasteiger partial charge in [0.2, 0.25) is 0 Å². The highest BCUT2D eigenvalue weighted by molar-refractivity contribution is 7.98. The molecule has 0 radical (unpaired) electrons. The van der Waals surface area contributed by atoms with Crippen LogP contribution >= 0.6 is 11.8 Å². The number of carboxylic acids is 1. The maximum atomic E-state index is 11.1. The predicted octanol–water partition coefficient (Wildman–Crippen LogP) is 2.51. The summed E-state index contributed by atoms with van der Waals surface area (Å²) in [6.07, 6.45) is 3.17. The highest BCUT2D eigenvalue weighted by Crippen LogP contribution is 2.17. The van der Waals surface area contributed by atoms with Gasteiger partial charge in [-0.25, -0.2) is 14.8 Å². The quantitative estimate of drug-likeness (QED) is 0.645. The van der Waals surface area contributed by atoms with Crippen LogP contribution in [0.15, 0.2) is 41.7 Å². The van der Waals surface area contributed by atoms with Crippen molar-refractivity contribution in [2.45, 2.75) is 11.7 Å². The van der Waals surface area contributed by atoms with Gasteiger partial charge >= 0.3 is 5.97 Å². The van der Waals surface area contributed by atoms with Gasteiger partial charge in [-0.1, -0.05) is 42.1 Å². The lowest BCUT2D eigenvalue weighted by atomic mass is 10.2. The van der Waals surface area contributed by atoms with Gasteiger partial charge < -0.3 is 10.4 Å². The average molecular weight is 275 g/mol.